The van der Waals surface area contributed by atoms with Gasteiger partial charge in [0.05, 0.1) is 10.3 Å². The maximum Gasteiger partial charge on any atom is 0.100 e. The van der Waals surface area contributed by atoms with E-state index in [0.29, 0.717) is 0 Å². The van der Waals surface area contributed by atoms with E-state index in [2.05, 4.69) is 6.07 Å². The highest BCUT2D eigenvalue weighted by atomic mass is 32.1. The van der Waals surface area contributed by atoms with Crippen LogP contribution in [-0.2, 0) is 0 Å². The SMILES string of the molecule is Cc1cc(N)c2sccc2c1C#N. The second-order valence-corrected chi connectivity index (χ2v) is 3.85. The van der Waals surface area contributed by atoms with Gasteiger partial charge in [0, 0.05) is 11.1 Å². The molecule has 0 amide bonds. The molecular formula is C10H8N2S. The molecule has 13 heavy (non-hydrogen) atoms. The van der Waals surface area contributed by atoms with Gasteiger partial charge < -0.3 is 5.73 Å². The second-order valence-electron chi connectivity index (χ2n) is 2.93. The lowest BCUT2D eigenvalue weighted by Gasteiger charge is -2.01. The van der Waals surface area contributed by atoms with E-state index in [1.807, 2.05) is 24.4 Å². The van der Waals surface area contributed by atoms with Crippen LogP contribution in [-0.4, -0.2) is 0 Å². The molecule has 2 nitrogen and oxygen atoms in total. The molecule has 0 aliphatic carbocycles. The zero-order valence-corrected chi connectivity index (χ0v) is 7.98. The van der Waals surface area contributed by atoms with Gasteiger partial charge in [0.1, 0.15) is 6.07 Å². The third-order valence-corrected chi connectivity index (χ3v) is 3.04. The molecule has 0 atom stereocenters. The molecule has 0 saturated heterocycles. The van der Waals surface area contributed by atoms with Crippen LogP contribution in [0.3, 0.4) is 0 Å². The maximum atomic E-state index is 8.94. The van der Waals surface area contributed by atoms with Crippen LogP contribution < -0.4 is 5.73 Å². The normalized spacial score (nSPS) is 10.2. The Balaban J connectivity index is 2.99. The highest BCUT2D eigenvalue weighted by Gasteiger charge is 2.07. The topological polar surface area (TPSA) is 49.8 Å². The van der Waals surface area contributed by atoms with E-state index in [4.69, 9.17) is 11.0 Å². The first-order valence-corrected chi connectivity index (χ1v) is 4.78. The molecule has 0 saturated carbocycles. The summed E-state index contributed by atoms with van der Waals surface area (Å²) in [6.07, 6.45) is 0. The third-order valence-electron chi connectivity index (χ3n) is 2.07. The number of hydrogen-bond acceptors (Lipinski definition) is 3. The highest BCUT2D eigenvalue weighted by Crippen LogP contribution is 2.31. The Hall–Kier alpha value is -1.53. The number of nitrogens with two attached hydrogens (primary N) is 1. The first kappa shape index (κ1) is 8.09. The molecule has 1 aromatic heterocycles. The molecule has 0 fully saturated rings. The summed E-state index contributed by atoms with van der Waals surface area (Å²) in [5.74, 6) is 0. The third kappa shape index (κ3) is 1.07. The fourth-order valence-corrected chi connectivity index (χ4v) is 2.29. The predicted octanol–water partition coefficient (Wildman–Crippen LogP) is 2.66. The van der Waals surface area contributed by atoms with Crippen LogP contribution >= 0.6 is 11.3 Å². The number of anilines is 1. The van der Waals surface area contributed by atoms with Crippen molar-refractivity contribution < 1.29 is 0 Å². The summed E-state index contributed by atoms with van der Waals surface area (Å²) < 4.78 is 1.02. The van der Waals surface area contributed by atoms with Crippen molar-refractivity contribution in [3.63, 3.8) is 0 Å². The van der Waals surface area contributed by atoms with Crippen molar-refractivity contribution in [2.24, 2.45) is 0 Å². The second kappa shape index (κ2) is 2.75. The Morgan fingerprint density at radius 1 is 1.54 bits per heavy atom. The number of aryl methyl sites for hydroxylation is 1. The van der Waals surface area contributed by atoms with E-state index in [-0.39, 0.29) is 0 Å². The average Bonchev–Trinajstić information content (AvgIpc) is 2.53. The number of fused-ring (bicyclic) bond motifs is 1. The Labute approximate surface area is 80.2 Å². The van der Waals surface area contributed by atoms with Crippen molar-refractivity contribution in [1.29, 1.82) is 5.26 Å². The quantitative estimate of drug-likeness (QED) is 0.646. The Morgan fingerprint density at radius 3 is 3.00 bits per heavy atom. The average molecular weight is 188 g/mol. The first-order chi connectivity index (χ1) is 6.24. The van der Waals surface area contributed by atoms with Crippen LogP contribution in [0.4, 0.5) is 5.69 Å². The number of nitrogens with zero attached hydrogens (tertiary/aromatic N) is 1. The van der Waals surface area contributed by atoms with E-state index in [0.717, 1.165) is 26.9 Å². The van der Waals surface area contributed by atoms with Gasteiger partial charge in [0.2, 0.25) is 0 Å². The summed E-state index contributed by atoms with van der Waals surface area (Å²) in [4.78, 5) is 0. The van der Waals surface area contributed by atoms with Gasteiger partial charge in [-0.25, -0.2) is 0 Å². The Kier molecular flexibility index (Phi) is 1.71. The maximum absolute atomic E-state index is 8.94. The molecule has 0 spiro atoms. The van der Waals surface area contributed by atoms with Crippen molar-refractivity contribution in [2.45, 2.75) is 6.92 Å². The minimum absolute atomic E-state index is 0.741. The van der Waals surface area contributed by atoms with Gasteiger partial charge in [-0.05, 0) is 30.0 Å². The van der Waals surface area contributed by atoms with Gasteiger partial charge >= 0.3 is 0 Å². The van der Waals surface area contributed by atoms with Crippen LogP contribution in [0.15, 0.2) is 17.5 Å². The number of hydrogen-bond donors (Lipinski definition) is 1. The Bertz CT molecular complexity index is 505. The molecule has 0 aliphatic rings. The molecule has 2 N–H and O–H groups in total. The number of rotatable bonds is 0. The van der Waals surface area contributed by atoms with E-state index >= 15 is 0 Å². The summed E-state index contributed by atoms with van der Waals surface area (Å²) in [7, 11) is 0. The Morgan fingerprint density at radius 2 is 2.31 bits per heavy atom. The predicted molar refractivity (Wildman–Crippen MR) is 55.7 cm³/mol. The van der Waals surface area contributed by atoms with Gasteiger partial charge in [-0.15, -0.1) is 11.3 Å². The summed E-state index contributed by atoms with van der Waals surface area (Å²) in [6, 6.07) is 6.01. The number of nitrogen functional groups attached to an aromatic ring is 1. The fourth-order valence-electron chi connectivity index (χ4n) is 1.46. The summed E-state index contributed by atoms with van der Waals surface area (Å²) >= 11 is 1.58. The van der Waals surface area contributed by atoms with Crippen molar-refractivity contribution in [2.75, 3.05) is 5.73 Å². The van der Waals surface area contributed by atoms with Crippen molar-refractivity contribution >= 4 is 27.1 Å². The summed E-state index contributed by atoms with van der Waals surface area (Å²) in [6.45, 7) is 1.91. The number of nitriles is 1. The standard InChI is InChI=1S/C10H8N2S/c1-6-4-9(12)10-7(2-3-13-10)8(6)5-11/h2-4H,12H2,1H3. The molecular weight excluding hydrogens is 180 g/mol. The lowest BCUT2D eigenvalue weighted by Crippen LogP contribution is -1.89. The van der Waals surface area contributed by atoms with E-state index < -0.39 is 0 Å². The van der Waals surface area contributed by atoms with Crippen LogP contribution in [0.1, 0.15) is 11.1 Å². The van der Waals surface area contributed by atoms with Crippen molar-refractivity contribution in [1.82, 2.24) is 0 Å². The number of benzene rings is 1. The molecule has 0 unspecified atom stereocenters. The molecule has 3 heteroatoms. The highest BCUT2D eigenvalue weighted by molar-refractivity contribution is 7.17. The van der Waals surface area contributed by atoms with Gasteiger partial charge in [-0.1, -0.05) is 0 Å². The lowest BCUT2D eigenvalue weighted by atomic mass is 10.1. The van der Waals surface area contributed by atoms with Gasteiger partial charge in [-0.3, -0.25) is 0 Å². The summed E-state index contributed by atoms with van der Waals surface area (Å²) in [5.41, 5.74) is 8.28. The molecule has 0 radical (unpaired) electrons. The molecule has 0 bridgehead atoms. The zero-order chi connectivity index (χ0) is 9.42. The van der Waals surface area contributed by atoms with Crippen molar-refractivity contribution in [3.8, 4) is 6.07 Å². The first-order valence-electron chi connectivity index (χ1n) is 3.90. The van der Waals surface area contributed by atoms with Crippen LogP contribution in [0.5, 0.6) is 0 Å². The van der Waals surface area contributed by atoms with E-state index in [1.54, 1.807) is 11.3 Å². The largest absolute Gasteiger partial charge is 0.398 e. The molecule has 2 aromatic rings. The minimum Gasteiger partial charge on any atom is -0.398 e. The molecule has 1 heterocycles. The monoisotopic (exact) mass is 188 g/mol. The van der Waals surface area contributed by atoms with Gasteiger partial charge in [0.25, 0.3) is 0 Å². The van der Waals surface area contributed by atoms with Crippen LogP contribution in [0.2, 0.25) is 0 Å². The zero-order valence-electron chi connectivity index (χ0n) is 7.16. The van der Waals surface area contributed by atoms with Crippen molar-refractivity contribution in [3.05, 3.63) is 28.6 Å². The van der Waals surface area contributed by atoms with Gasteiger partial charge in [0.15, 0.2) is 0 Å². The fraction of sp³-hybridized carbons (Fsp3) is 0.100. The molecule has 0 aliphatic heterocycles. The molecule has 2 rings (SSSR count). The van der Waals surface area contributed by atoms with E-state index in [9.17, 15) is 0 Å². The summed E-state index contributed by atoms with van der Waals surface area (Å²) in [5, 5.41) is 11.9. The number of thiophene rings is 1. The molecule has 1 aromatic carbocycles. The van der Waals surface area contributed by atoms with Crippen LogP contribution in [0, 0.1) is 18.3 Å². The van der Waals surface area contributed by atoms with Crippen LogP contribution in [0.25, 0.3) is 10.1 Å². The lowest BCUT2D eigenvalue weighted by molar-refractivity contribution is 1.43. The smallest absolute Gasteiger partial charge is 0.100 e. The minimum atomic E-state index is 0.741. The molecule has 64 valence electrons. The van der Waals surface area contributed by atoms with Gasteiger partial charge in [-0.2, -0.15) is 5.26 Å². The van der Waals surface area contributed by atoms with E-state index in [1.165, 1.54) is 0 Å².